The van der Waals surface area contributed by atoms with Crippen LogP contribution >= 0.6 is 23.4 Å². The molecule has 162 valence electrons. The van der Waals surface area contributed by atoms with Gasteiger partial charge >= 0.3 is 0 Å². The zero-order chi connectivity index (χ0) is 21.9. The Morgan fingerprint density at radius 3 is 2.73 bits per heavy atom. The van der Waals surface area contributed by atoms with E-state index in [-0.39, 0.29) is 16.2 Å². The summed E-state index contributed by atoms with van der Waals surface area (Å²) >= 11 is 7.54. The lowest BCUT2D eigenvalue weighted by molar-refractivity contribution is 0.140. The third-order valence-electron chi connectivity index (χ3n) is 4.50. The second kappa shape index (κ2) is 9.49. The minimum Gasteiger partial charge on any atom is -0.382 e. The van der Waals surface area contributed by atoms with Gasteiger partial charge in [0, 0.05) is 30.2 Å². The number of rotatable bonds is 8. The molecule has 2 aromatic heterocycles. The molecule has 1 aromatic carbocycles. The Morgan fingerprint density at radius 1 is 1.30 bits per heavy atom. The largest absolute Gasteiger partial charge is 0.382 e. The number of fused-ring (bicyclic) bond motifs is 1. The molecule has 0 aliphatic heterocycles. The Morgan fingerprint density at radius 2 is 2.07 bits per heavy atom. The number of aromatic nitrogens is 4. The lowest BCUT2D eigenvalue weighted by atomic mass is 9.96. The van der Waals surface area contributed by atoms with Crippen molar-refractivity contribution in [3.8, 4) is 0 Å². The predicted octanol–water partition coefficient (Wildman–Crippen LogP) is 5.01. The Kier molecular flexibility index (Phi) is 7.21. The predicted molar refractivity (Wildman–Crippen MR) is 119 cm³/mol. The molecule has 0 saturated carbocycles. The van der Waals surface area contributed by atoms with Gasteiger partial charge < -0.3 is 9.26 Å². The molecule has 0 aliphatic carbocycles. The third-order valence-corrected chi connectivity index (χ3v) is 5.81. The van der Waals surface area contributed by atoms with Crippen molar-refractivity contribution in [3.63, 3.8) is 0 Å². The van der Waals surface area contributed by atoms with Gasteiger partial charge in [0.1, 0.15) is 0 Å². The molecule has 7 nitrogen and oxygen atoms in total. The van der Waals surface area contributed by atoms with E-state index in [2.05, 4.69) is 10.1 Å². The van der Waals surface area contributed by atoms with E-state index in [1.165, 1.54) is 11.8 Å². The van der Waals surface area contributed by atoms with E-state index in [0.717, 1.165) is 0 Å². The van der Waals surface area contributed by atoms with E-state index in [1.54, 1.807) is 22.8 Å². The molecule has 0 radical (unpaired) electrons. The fraction of sp³-hybridized carbons (Fsp3) is 0.524. The van der Waals surface area contributed by atoms with Gasteiger partial charge in [-0.15, -0.1) is 0 Å². The summed E-state index contributed by atoms with van der Waals surface area (Å²) in [5.41, 5.74) is 0.277. The number of ether oxygens (including phenoxy) is 1. The lowest BCUT2D eigenvalue weighted by Gasteiger charge is -2.15. The number of hydrogen-bond donors (Lipinski definition) is 0. The average molecular weight is 451 g/mol. The van der Waals surface area contributed by atoms with Gasteiger partial charge in [0.15, 0.2) is 11.0 Å². The van der Waals surface area contributed by atoms with Crippen molar-refractivity contribution in [1.82, 2.24) is 19.7 Å². The number of hydrogen-bond acceptors (Lipinski definition) is 7. The molecule has 3 rings (SSSR count). The van der Waals surface area contributed by atoms with Crippen LogP contribution in [-0.2, 0) is 16.7 Å². The highest BCUT2D eigenvalue weighted by Crippen LogP contribution is 2.34. The molecule has 1 atom stereocenters. The maximum absolute atomic E-state index is 13.2. The van der Waals surface area contributed by atoms with Gasteiger partial charge in [0.2, 0.25) is 5.89 Å². The van der Waals surface area contributed by atoms with Crippen LogP contribution in [0.3, 0.4) is 0 Å². The first-order valence-electron chi connectivity index (χ1n) is 9.99. The van der Waals surface area contributed by atoms with Crippen LogP contribution in [0.2, 0.25) is 5.02 Å². The number of halogens is 1. The van der Waals surface area contributed by atoms with Crippen molar-refractivity contribution < 1.29 is 9.26 Å². The van der Waals surface area contributed by atoms with Gasteiger partial charge in [0.25, 0.3) is 5.56 Å². The Labute approximate surface area is 185 Å². The molecule has 0 aliphatic rings. The molecule has 30 heavy (non-hydrogen) atoms. The Hall–Kier alpha value is -1.90. The highest BCUT2D eigenvalue weighted by Gasteiger charge is 2.25. The van der Waals surface area contributed by atoms with Crippen molar-refractivity contribution >= 4 is 34.3 Å². The quantitative estimate of drug-likeness (QED) is 0.271. The first-order chi connectivity index (χ1) is 14.2. The van der Waals surface area contributed by atoms with E-state index in [9.17, 15) is 4.79 Å². The van der Waals surface area contributed by atoms with E-state index in [4.69, 9.17) is 25.8 Å². The summed E-state index contributed by atoms with van der Waals surface area (Å²) < 4.78 is 12.6. The summed E-state index contributed by atoms with van der Waals surface area (Å²) in [7, 11) is 0. The zero-order valence-electron chi connectivity index (χ0n) is 17.9. The van der Waals surface area contributed by atoms with Crippen LogP contribution in [0.1, 0.15) is 58.0 Å². The first-order valence-corrected chi connectivity index (χ1v) is 11.2. The molecular weight excluding hydrogens is 424 g/mol. The van der Waals surface area contributed by atoms with Crippen molar-refractivity contribution in [2.24, 2.45) is 0 Å². The fourth-order valence-electron chi connectivity index (χ4n) is 2.84. The second-order valence-electron chi connectivity index (χ2n) is 8.03. The number of benzene rings is 1. The van der Waals surface area contributed by atoms with E-state index < -0.39 is 0 Å². The zero-order valence-corrected chi connectivity index (χ0v) is 19.5. The molecule has 0 N–H and O–H groups in total. The normalized spacial score (nSPS) is 13.1. The molecule has 0 amide bonds. The Bertz CT molecular complexity index is 1070. The average Bonchev–Trinajstić information content (AvgIpc) is 3.18. The van der Waals surface area contributed by atoms with Crippen molar-refractivity contribution in [3.05, 3.63) is 45.3 Å². The maximum Gasteiger partial charge on any atom is 0.262 e. The summed E-state index contributed by atoms with van der Waals surface area (Å²) in [6.45, 7) is 11.8. The van der Waals surface area contributed by atoms with Crippen molar-refractivity contribution in [2.45, 2.75) is 63.4 Å². The molecule has 0 fully saturated rings. The molecule has 9 heteroatoms. The van der Waals surface area contributed by atoms with Gasteiger partial charge in [-0.05, 0) is 38.5 Å². The first kappa shape index (κ1) is 22.8. The van der Waals surface area contributed by atoms with Crippen molar-refractivity contribution in [2.75, 3.05) is 13.2 Å². The SMILES string of the molecule is CCOCCCn1c(SC(C)c2nc(C(C)(C)C)no2)nc2cc(Cl)ccc2c1=O. The topological polar surface area (TPSA) is 83.0 Å². The van der Waals surface area contributed by atoms with Gasteiger partial charge in [-0.3, -0.25) is 9.36 Å². The maximum atomic E-state index is 13.2. The van der Waals surface area contributed by atoms with Gasteiger partial charge in [0.05, 0.1) is 16.2 Å². The van der Waals surface area contributed by atoms with Crippen LogP contribution < -0.4 is 5.56 Å². The minimum absolute atomic E-state index is 0.0937. The molecule has 0 bridgehead atoms. The second-order valence-corrected chi connectivity index (χ2v) is 9.77. The number of thioether (sulfide) groups is 1. The lowest BCUT2D eigenvalue weighted by Crippen LogP contribution is -2.24. The number of nitrogens with zero attached hydrogens (tertiary/aromatic N) is 4. The van der Waals surface area contributed by atoms with Crippen LogP contribution in [0, 0.1) is 0 Å². The van der Waals surface area contributed by atoms with Gasteiger partial charge in [-0.2, -0.15) is 4.98 Å². The highest BCUT2D eigenvalue weighted by molar-refractivity contribution is 7.99. The molecule has 1 unspecified atom stereocenters. The molecule has 0 saturated heterocycles. The van der Waals surface area contributed by atoms with Crippen LogP contribution in [0.15, 0.2) is 32.7 Å². The van der Waals surface area contributed by atoms with Crippen LogP contribution in [0.25, 0.3) is 10.9 Å². The Balaban J connectivity index is 1.95. The summed E-state index contributed by atoms with van der Waals surface area (Å²) in [4.78, 5) is 22.4. The minimum atomic E-state index is -0.203. The van der Waals surface area contributed by atoms with Gasteiger partial charge in [-0.25, -0.2) is 4.98 Å². The smallest absolute Gasteiger partial charge is 0.262 e. The fourth-order valence-corrected chi connectivity index (χ4v) is 3.98. The highest BCUT2D eigenvalue weighted by atomic mass is 35.5. The summed E-state index contributed by atoms with van der Waals surface area (Å²) in [6, 6.07) is 5.14. The summed E-state index contributed by atoms with van der Waals surface area (Å²) in [6.07, 6.45) is 0.713. The van der Waals surface area contributed by atoms with Gasteiger partial charge in [-0.1, -0.05) is 49.3 Å². The third kappa shape index (κ3) is 5.22. The standard InChI is InChI=1S/C21H27ClN4O3S/c1-6-28-11-7-10-26-18(27)15-9-8-14(22)12-16(15)23-20(26)30-13(2)17-24-19(25-29-17)21(3,4)5/h8-9,12-13H,6-7,10-11H2,1-5H3. The molecule has 2 heterocycles. The monoisotopic (exact) mass is 450 g/mol. The van der Waals surface area contributed by atoms with E-state index in [0.29, 0.717) is 59.0 Å². The molecule has 0 spiro atoms. The van der Waals surface area contributed by atoms with Crippen molar-refractivity contribution in [1.29, 1.82) is 0 Å². The molecular formula is C21H27ClN4O3S. The summed E-state index contributed by atoms with van der Waals surface area (Å²) in [5, 5.41) is 5.60. The van der Waals surface area contributed by atoms with E-state index >= 15 is 0 Å². The molecule has 3 aromatic rings. The summed E-state index contributed by atoms with van der Waals surface area (Å²) in [5.74, 6) is 1.16. The van der Waals surface area contributed by atoms with Crippen LogP contribution in [0.5, 0.6) is 0 Å². The van der Waals surface area contributed by atoms with Crippen LogP contribution in [-0.4, -0.2) is 32.9 Å². The van der Waals surface area contributed by atoms with Crippen LogP contribution in [0.4, 0.5) is 0 Å². The van der Waals surface area contributed by atoms with E-state index in [1.807, 2.05) is 34.6 Å².